The standard InChI is InChI=1S/C13H13BrN2O3/c1-7(2)15-11(17)6-16-10-5-8(14)3-4-9(10)12(18)13(16)19/h3-5,7H,6H2,1-2H3,(H,15,17). The molecule has 0 atom stereocenters. The SMILES string of the molecule is CC(C)NC(=O)CN1C(=O)C(=O)c2ccc(Br)cc21. The summed E-state index contributed by atoms with van der Waals surface area (Å²) in [6.45, 7) is 3.52. The van der Waals surface area contributed by atoms with E-state index in [0.29, 0.717) is 11.3 Å². The third-order valence-corrected chi connectivity index (χ3v) is 3.18. The van der Waals surface area contributed by atoms with E-state index in [9.17, 15) is 14.4 Å². The van der Waals surface area contributed by atoms with E-state index >= 15 is 0 Å². The summed E-state index contributed by atoms with van der Waals surface area (Å²) in [5.74, 6) is -1.52. The number of carbonyl (C=O) groups is 3. The lowest BCUT2D eigenvalue weighted by molar-refractivity contribution is -0.122. The van der Waals surface area contributed by atoms with E-state index in [1.807, 2.05) is 13.8 Å². The minimum atomic E-state index is -0.660. The molecule has 0 aromatic heterocycles. The van der Waals surface area contributed by atoms with Gasteiger partial charge in [0, 0.05) is 10.5 Å². The maximum Gasteiger partial charge on any atom is 0.299 e. The predicted molar refractivity (Wildman–Crippen MR) is 74.1 cm³/mol. The van der Waals surface area contributed by atoms with Crippen molar-refractivity contribution in [2.75, 3.05) is 11.4 Å². The van der Waals surface area contributed by atoms with E-state index in [4.69, 9.17) is 0 Å². The second-order valence-corrected chi connectivity index (χ2v) is 5.52. The number of carbonyl (C=O) groups excluding carboxylic acids is 3. The Morgan fingerprint density at radius 2 is 2.05 bits per heavy atom. The van der Waals surface area contributed by atoms with Gasteiger partial charge in [-0.2, -0.15) is 0 Å². The zero-order chi connectivity index (χ0) is 14.2. The Balaban J connectivity index is 2.28. The molecule has 0 saturated carbocycles. The normalized spacial score (nSPS) is 14.0. The molecule has 1 aliphatic rings. The van der Waals surface area contributed by atoms with Gasteiger partial charge in [0.05, 0.1) is 11.3 Å². The van der Waals surface area contributed by atoms with Crippen molar-refractivity contribution < 1.29 is 14.4 Å². The summed E-state index contributed by atoms with van der Waals surface area (Å²) in [4.78, 5) is 36.6. The van der Waals surface area contributed by atoms with Gasteiger partial charge in [0.2, 0.25) is 5.91 Å². The number of halogens is 1. The minimum Gasteiger partial charge on any atom is -0.352 e. The fraction of sp³-hybridized carbons (Fsp3) is 0.308. The molecular formula is C13H13BrN2O3. The summed E-state index contributed by atoms with van der Waals surface area (Å²) >= 11 is 3.29. The number of amides is 2. The second kappa shape index (κ2) is 5.13. The van der Waals surface area contributed by atoms with Crippen LogP contribution < -0.4 is 10.2 Å². The van der Waals surface area contributed by atoms with Crippen molar-refractivity contribution in [1.82, 2.24) is 5.32 Å². The summed E-state index contributed by atoms with van der Waals surface area (Å²) in [6.07, 6.45) is 0. The van der Waals surface area contributed by atoms with E-state index < -0.39 is 11.7 Å². The molecule has 100 valence electrons. The Labute approximate surface area is 119 Å². The van der Waals surface area contributed by atoms with Gasteiger partial charge >= 0.3 is 0 Å². The van der Waals surface area contributed by atoms with Gasteiger partial charge in [-0.15, -0.1) is 0 Å². The first-order valence-corrected chi connectivity index (χ1v) is 6.64. The number of fused-ring (bicyclic) bond motifs is 1. The molecule has 0 bridgehead atoms. The van der Waals surface area contributed by atoms with E-state index in [0.717, 1.165) is 4.47 Å². The van der Waals surface area contributed by atoms with E-state index in [2.05, 4.69) is 21.2 Å². The van der Waals surface area contributed by atoms with Crippen molar-refractivity contribution >= 4 is 39.2 Å². The van der Waals surface area contributed by atoms with Gasteiger partial charge in [-0.1, -0.05) is 15.9 Å². The van der Waals surface area contributed by atoms with Gasteiger partial charge in [0.1, 0.15) is 6.54 Å². The van der Waals surface area contributed by atoms with Crippen LogP contribution in [0.25, 0.3) is 0 Å². The minimum absolute atomic E-state index is 0.0112. The zero-order valence-electron chi connectivity index (χ0n) is 10.6. The average Bonchev–Trinajstić information content (AvgIpc) is 2.53. The van der Waals surface area contributed by atoms with Crippen molar-refractivity contribution in [3.63, 3.8) is 0 Å². The lowest BCUT2D eigenvalue weighted by atomic mass is 10.1. The van der Waals surface area contributed by atoms with Gasteiger partial charge in [0.15, 0.2) is 0 Å². The molecule has 1 aromatic carbocycles. The summed E-state index contributed by atoms with van der Waals surface area (Å²) in [7, 11) is 0. The van der Waals surface area contributed by atoms with Crippen molar-refractivity contribution in [3.8, 4) is 0 Å². The quantitative estimate of drug-likeness (QED) is 0.857. The highest BCUT2D eigenvalue weighted by Gasteiger charge is 2.36. The number of benzene rings is 1. The maximum absolute atomic E-state index is 11.9. The van der Waals surface area contributed by atoms with Crippen LogP contribution in [0.1, 0.15) is 24.2 Å². The summed E-state index contributed by atoms with van der Waals surface area (Å²) < 4.78 is 0.753. The Hall–Kier alpha value is -1.69. The van der Waals surface area contributed by atoms with Crippen molar-refractivity contribution in [2.24, 2.45) is 0 Å². The van der Waals surface area contributed by atoms with Gasteiger partial charge in [0.25, 0.3) is 11.7 Å². The topological polar surface area (TPSA) is 66.5 Å². The number of rotatable bonds is 3. The number of anilines is 1. The molecule has 0 aliphatic carbocycles. The van der Waals surface area contributed by atoms with E-state index in [1.54, 1.807) is 18.2 Å². The first-order valence-electron chi connectivity index (χ1n) is 5.85. The zero-order valence-corrected chi connectivity index (χ0v) is 12.2. The first-order chi connectivity index (χ1) is 8.90. The summed E-state index contributed by atoms with van der Waals surface area (Å²) in [6, 6.07) is 4.94. The molecule has 19 heavy (non-hydrogen) atoms. The fourth-order valence-corrected chi connectivity index (χ4v) is 2.28. The third-order valence-electron chi connectivity index (χ3n) is 2.69. The molecule has 0 spiro atoms. The van der Waals surface area contributed by atoms with E-state index in [-0.39, 0.29) is 18.5 Å². The molecule has 1 aliphatic heterocycles. The molecule has 2 rings (SSSR count). The molecule has 6 heteroatoms. The highest BCUT2D eigenvalue weighted by molar-refractivity contribution is 9.10. The number of ketones is 1. The molecule has 0 radical (unpaired) electrons. The van der Waals surface area contributed by atoms with Gasteiger partial charge in [-0.3, -0.25) is 19.3 Å². The Morgan fingerprint density at radius 3 is 2.68 bits per heavy atom. The van der Waals surface area contributed by atoms with Crippen LogP contribution in [0.2, 0.25) is 0 Å². The summed E-state index contributed by atoms with van der Waals surface area (Å²) in [5, 5.41) is 2.69. The molecule has 0 saturated heterocycles. The largest absolute Gasteiger partial charge is 0.352 e. The monoisotopic (exact) mass is 324 g/mol. The molecule has 1 heterocycles. The van der Waals surface area contributed by atoms with E-state index in [1.165, 1.54) is 4.90 Å². The number of nitrogens with zero attached hydrogens (tertiary/aromatic N) is 1. The van der Waals surface area contributed by atoms with Crippen molar-refractivity contribution in [2.45, 2.75) is 19.9 Å². The number of Topliss-reactive ketones (excluding diaryl/α,β-unsaturated/α-hetero) is 1. The molecule has 1 N–H and O–H groups in total. The molecule has 0 unspecified atom stereocenters. The average molecular weight is 325 g/mol. The molecule has 0 fully saturated rings. The Bertz CT molecular complexity index is 569. The number of nitrogens with one attached hydrogen (secondary N) is 1. The smallest absolute Gasteiger partial charge is 0.299 e. The van der Waals surface area contributed by atoms with Crippen LogP contribution >= 0.6 is 15.9 Å². The number of hydrogen-bond donors (Lipinski definition) is 1. The second-order valence-electron chi connectivity index (χ2n) is 4.60. The van der Waals surface area contributed by atoms with Gasteiger partial charge < -0.3 is 5.32 Å². The Kier molecular flexibility index (Phi) is 3.71. The molecule has 1 aromatic rings. The molecule has 2 amide bonds. The van der Waals surface area contributed by atoms with Crippen LogP contribution in [-0.4, -0.2) is 30.2 Å². The first kappa shape index (κ1) is 13.7. The van der Waals surface area contributed by atoms with Gasteiger partial charge in [-0.05, 0) is 32.0 Å². The van der Waals surface area contributed by atoms with Crippen LogP contribution in [0, 0.1) is 0 Å². The highest BCUT2D eigenvalue weighted by atomic mass is 79.9. The predicted octanol–water partition coefficient (Wildman–Crippen LogP) is 1.50. The molecular weight excluding hydrogens is 312 g/mol. The van der Waals surface area contributed by atoms with Crippen molar-refractivity contribution in [1.29, 1.82) is 0 Å². The maximum atomic E-state index is 11.9. The van der Waals surface area contributed by atoms with Crippen LogP contribution in [-0.2, 0) is 9.59 Å². The fourth-order valence-electron chi connectivity index (χ4n) is 1.94. The van der Waals surface area contributed by atoms with Crippen LogP contribution in [0.15, 0.2) is 22.7 Å². The third kappa shape index (κ3) is 2.68. The lowest BCUT2D eigenvalue weighted by Crippen LogP contribution is -2.42. The Morgan fingerprint density at radius 1 is 1.37 bits per heavy atom. The molecule has 5 nitrogen and oxygen atoms in total. The number of hydrogen-bond acceptors (Lipinski definition) is 3. The van der Waals surface area contributed by atoms with Gasteiger partial charge in [-0.25, -0.2) is 0 Å². The highest BCUT2D eigenvalue weighted by Crippen LogP contribution is 2.31. The van der Waals surface area contributed by atoms with Crippen LogP contribution in [0.5, 0.6) is 0 Å². The van der Waals surface area contributed by atoms with Crippen LogP contribution in [0.3, 0.4) is 0 Å². The lowest BCUT2D eigenvalue weighted by Gasteiger charge is -2.17. The summed E-state index contributed by atoms with van der Waals surface area (Å²) in [5.41, 5.74) is 0.814. The van der Waals surface area contributed by atoms with Crippen LogP contribution in [0.4, 0.5) is 5.69 Å². The van der Waals surface area contributed by atoms with Crippen molar-refractivity contribution in [3.05, 3.63) is 28.2 Å².